The zero-order chi connectivity index (χ0) is 31.1. The number of rotatable bonds is 13. The van der Waals surface area contributed by atoms with Crippen LogP contribution in [0.2, 0.25) is 0 Å². The fourth-order valence-corrected chi connectivity index (χ4v) is 7.76. The molecule has 1 saturated carbocycles. The van der Waals surface area contributed by atoms with Crippen LogP contribution in [0.5, 0.6) is 0 Å². The van der Waals surface area contributed by atoms with Gasteiger partial charge < -0.3 is 28.7 Å². The highest BCUT2D eigenvalue weighted by atomic mass is 32.1. The largest absolute Gasteiger partial charge is 0.460 e. The summed E-state index contributed by atoms with van der Waals surface area (Å²) in [4.78, 5) is 21.5. The van der Waals surface area contributed by atoms with Gasteiger partial charge in [0, 0.05) is 24.6 Å². The first-order valence-electron chi connectivity index (χ1n) is 15.9. The van der Waals surface area contributed by atoms with Crippen LogP contribution in [0.3, 0.4) is 0 Å². The van der Waals surface area contributed by atoms with Crippen molar-refractivity contribution in [2.45, 2.75) is 88.4 Å². The van der Waals surface area contributed by atoms with Crippen LogP contribution in [0.4, 0.5) is 0 Å². The number of aryl methyl sites for hydroxylation is 1. The van der Waals surface area contributed by atoms with Crippen molar-refractivity contribution in [1.82, 2.24) is 15.0 Å². The van der Waals surface area contributed by atoms with Gasteiger partial charge in [-0.1, -0.05) is 41.6 Å². The molecular weight excluding hydrogens is 611 g/mol. The second kappa shape index (κ2) is 15.1. The zero-order valence-corrected chi connectivity index (χ0v) is 27.3. The number of aliphatic hydroxyl groups is 1. The van der Waals surface area contributed by atoms with Gasteiger partial charge in [-0.05, 0) is 93.4 Å². The van der Waals surface area contributed by atoms with Crippen molar-refractivity contribution in [2.24, 2.45) is 0 Å². The first kappa shape index (κ1) is 32.0. The van der Waals surface area contributed by atoms with Crippen molar-refractivity contribution in [2.75, 3.05) is 20.2 Å². The molecule has 0 spiro atoms. The molecule has 1 aliphatic carbocycles. The van der Waals surface area contributed by atoms with Gasteiger partial charge in [0.05, 0.1) is 16.4 Å². The predicted molar refractivity (Wildman–Crippen MR) is 173 cm³/mol. The van der Waals surface area contributed by atoms with E-state index in [4.69, 9.17) is 18.7 Å². The SMILES string of the molecule is CN(CCCc1nc(-c2ccc(COC3CCCCO3)cc2)no1)[C@H]1CC[C@H](OC(=O)C(O)(c2cccs2)c2cccs2)CC1. The van der Waals surface area contributed by atoms with Gasteiger partial charge in [-0.25, -0.2) is 4.79 Å². The van der Waals surface area contributed by atoms with Crippen LogP contribution in [-0.4, -0.2) is 64.8 Å². The normalized spacial score (nSPS) is 20.8. The highest BCUT2D eigenvalue weighted by Gasteiger charge is 2.45. The Bertz CT molecular complexity index is 1430. The van der Waals surface area contributed by atoms with E-state index in [9.17, 15) is 9.90 Å². The average molecular weight is 652 g/mol. The molecule has 0 amide bonds. The molecule has 1 atom stereocenters. The van der Waals surface area contributed by atoms with Crippen molar-refractivity contribution in [3.63, 3.8) is 0 Å². The summed E-state index contributed by atoms with van der Waals surface area (Å²) in [6.07, 6.45) is 7.96. The summed E-state index contributed by atoms with van der Waals surface area (Å²) >= 11 is 2.72. The Labute approximate surface area is 272 Å². The molecule has 6 rings (SSSR count). The molecule has 2 aliphatic rings. The average Bonchev–Trinajstić information content (AvgIpc) is 3.89. The number of carbonyl (C=O) groups excluding carboxylic acids is 1. The minimum absolute atomic E-state index is 0.0989. The molecule has 1 aliphatic heterocycles. The molecule has 1 N–H and O–H groups in total. The molecule has 4 aromatic rings. The number of ether oxygens (including phenoxy) is 3. The molecule has 4 heterocycles. The van der Waals surface area contributed by atoms with Crippen molar-refractivity contribution in [3.05, 3.63) is 80.5 Å². The van der Waals surface area contributed by atoms with E-state index in [1.807, 2.05) is 47.2 Å². The van der Waals surface area contributed by atoms with Crippen LogP contribution in [0.25, 0.3) is 11.4 Å². The predicted octanol–water partition coefficient (Wildman–Crippen LogP) is 6.56. The highest BCUT2D eigenvalue weighted by molar-refractivity contribution is 7.12. The first-order valence-corrected chi connectivity index (χ1v) is 17.6. The Balaban J connectivity index is 0.922. The molecule has 11 heteroatoms. The topological polar surface area (TPSA) is 107 Å². The molecule has 0 bridgehead atoms. The number of hydrogen-bond donors (Lipinski definition) is 1. The third-order valence-corrected chi connectivity index (χ3v) is 10.7. The van der Waals surface area contributed by atoms with E-state index >= 15 is 0 Å². The minimum atomic E-state index is -1.76. The lowest BCUT2D eigenvalue weighted by atomic mass is 9.91. The summed E-state index contributed by atoms with van der Waals surface area (Å²) in [7, 11) is 2.15. The van der Waals surface area contributed by atoms with Crippen LogP contribution < -0.4 is 0 Å². The van der Waals surface area contributed by atoms with Gasteiger partial charge in [0.1, 0.15) is 6.10 Å². The van der Waals surface area contributed by atoms with E-state index in [0.29, 0.717) is 40.5 Å². The molecule has 240 valence electrons. The molecule has 1 unspecified atom stereocenters. The maximum atomic E-state index is 13.3. The molecule has 3 aromatic heterocycles. The Kier molecular flexibility index (Phi) is 10.8. The van der Waals surface area contributed by atoms with E-state index in [1.165, 1.54) is 22.7 Å². The zero-order valence-electron chi connectivity index (χ0n) is 25.6. The Morgan fingerprint density at radius 1 is 1.02 bits per heavy atom. The fraction of sp³-hybridized carbons (Fsp3) is 0.500. The van der Waals surface area contributed by atoms with Gasteiger partial charge in [0.2, 0.25) is 17.3 Å². The lowest BCUT2D eigenvalue weighted by Crippen LogP contribution is -2.42. The fourth-order valence-electron chi connectivity index (χ4n) is 6.05. The third-order valence-electron chi connectivity index (χ3n) is 8.75. The minimum Gasteiger partial charge on any atom is -0.460 e. The lowest BCUT2D eigenvalue weighted by Gasteiger charge is -2.35. The maximum absolute atomic E-state index is 13.3. The molecule has 2 fully saturated rings. The van der Waals surface area contributed by atoms with E-state index in [-0.39, 0.29) is 12.4 Å². The molecule has 1 saturated heterocycles. The second-order valence-corrected chi connectivity index (χ2v) is 13.8. The third kappa shape index (κ3) is 7.90. The van der Waals surface area contributed by atoms with Gasteiger partial charge in [-0.2, -0.15) is 4.98 Å². The summed E-state index contributed by atoms with van der Waals surface area (Å²) in [5.41, 5.74) is 0.249. The highest BCUT2D eigenvalue weighted by Crippen LogP contribution is 2.38. The van der Waals surface area contributed by atoms with Crippen LogP contribution >= 0.6 is 22.7 Å². The van der Waals surface area contributed by atoms with Crippen LogP contribution in [0.1, 0.15) is 72.6 Å². The molecular formula is C34H41N3O6S2. The van der Waals surface area contributed by atoms with Crippen molar-refractivity contribution < 1.29 is 28.6 Å². The van der Waals surface area contributed by atoms with Crippen molar-refractivity contribution in [3.8, 4) is 11.4 Å². The van der Waals surface area contributed by atoms with E-state index < -0.39 is 11.6 Å². The number of benzene rings is 1. The van der Waals surface area contributed by atoms with E-state index in [2.05, 4.69) is 22.1 Å². The lowest BCUT2D eigenvalue weighted by molar-refractivity contribution is -0.169. The van der Waals surface area contributed by atoms with Crippen LogP contribution in [0, 0.1) is 0 Å². The number of thiophene rings is 2. The molecule has 0 radical (unpaired) electrons. The van der Waals surface area contributed by atoms with Gasteiger partial charge in [-0.3, -0.25) is 0 Å². The number of hydrogen-bond acceptors (Lipinski definition) is 11. The number of aromatic nitrogens is 2. The molecule has 1 aromatic carbocycles. The quantitative estimate of drug-likeness (QED) is 0.161. The summed E-state index contributed by atoms with van der Waals surface area (Å²) in [6, 6.07) is 15.7. The Morgan fingerprint density at radius 2 is 1.76 bits per heavy atom. The summed E-state index contributed by atoms with van der Waals surface area (Å²) in [5, 5.41) is 19.4. The summed E-state index contributed by atoms with van der Waals surface area (Å²) in [6.45, 7) is 2.21. The van der Waals surface area contributed by atoms with Gasteiger partial charge in [0.25, 0.3) is 0 Å². The van der Waals surface area contributed by atoms with Gasteiger partial charge in [0.15, 0.2) is 6.29 Å². The smallest absolute Gasteiger partial charge is 0.349 e. The van der Waals surface area contributed by atoms with E-state index in [1.54, 1.807) is 12.1 Å². The maximum Gasteiger partial charge on any atom is 0.349 e. The van der Waals surface area contributed by atoms with Crippen molar-refractivity contribution in [1.29, 1.82) is 0 Å². The monoisotopic (exact) mass is 651 g/mol. The second-order valence-electron chi connectivity index (χ2n) is 11.9. The van der Waals surface area contributed by atoms with Gasteiger partial charge >= 0.3 is 5.97 Å². The first-order chi connectivity index (χ1) is 22.0. The van der Waals surface area contributed by atoms with Crippen molar-refractivity contribution >= 4 is 28.6 Å². The van der Waals surface area contributed by atoms with Gasteiger partial charge in [-0.15, -0.1) is 22.7 Å². The van der Waals surface area contributed by atoms with E-state index in [0.717, 1.165) is 75.6 Å². The van der Waals surface area contributed by atoms with Crippen LogP contribution in [-0.2, 0) is 37.6 Å². The molecule has 45 heavy (non-hydrogen) atoms. The Hall–Kier alpha value is -2.93. The Morgan fingerprint density at radius 3 is 2.40 bits per heavy atom. The number of nitrogens with zero attached hydrogens (tertiary/aromatic N) is 3. The molecule has 9 nitrogen and oxygen atoms in total. The standard InChI is InChI=1S/C34H41N3O6S2/c1-37(26-15-17-27(18-16-26)42-33(38)34(39,28-7-5-21-44-28)29-8-6-22-45-29)19-4-9-30-35-32(36-43-30)25-13-11-24(12-14-25)23-41-31-10-2-3-20-40-31/h5-8,11-14,21-22,26-27,31,39H,2-4,9-10,15-20,23H2,1H3/t26-,27-,31?. The summed E-state index contributed by atoms with van der Waals surface area (Å²) < 4.78 is 23.0. The number of carbonyl (C=O) groups is 1. The number of esters is 1. The van der Waals surface area contributed by atoms with Crippen LogP contribution in [0.15, 0.2) is 63.8 Å². The summed E-state index contributed by atoms with van der Waals surface area (Å²) in [5.74, 6) is 0.650.